The Bertz CT molecular complexity index is 1070. The zero-order chi connectivity index (χ0) is 20.4. The molecule has 1 aliphatic rings. The second-order valence-electron chi connectivity index (χ2n) is 7.18. The summed E-state index contributed by atoms with van der Waals surface area (Å²) in [5.41, 5.74) is 4.01. The Kier molecular flexibility index (Phi) is 5.44. The van der Waals surface area contributed by atoms with Crippen LogP contribution in [0, 0.1) is 6.92 Å². The van der Waals surface area contributed by atoms with Crippen LogP contribution in [0.2, 0.25) is 0 Å². The molecule has 7 nitrogen and oxygen atoms in total. The van der Waals surface area contributed by atoms with Crippen LogP contribution in [-0.4, -0.2) is 28.1 Å². The summed E-state index contributed by atoms with van der Waals surface area (Å²) in [6.07, 6.45) is 5.43. The van der Waals surface area contributed by atoms with E-state index in [2.05, 4.69) is 20.6 Å². The third-order valence-electron chi connectivity index (χ3n) is 4.90. The minimum absolute atomic E-state index is 0.0120. The Hall–Kier alpha value is -3.00. The van der Waals surface area contributed by atoms with E-state index in [4.69, 9.17) is 4.74 Å². The van der Waals surface area contributed by atoms with Crippen LogP contribution in [-0.2, 0) is 9.53 Å². The van der Waals surface area contributed by atoms with Crippen molar-refractivity contribution in [2.24, 2.45) is 0 Å². The molecule has 1 fully saturated rings. The highest BCUT2D eigenvalue weighted by molar-refractivity contribution is 7.22. The van der Waals surface area contributed by atoms with Gasteiger partial charge < -0.3 is 10.1 Å². The molecule has 0 radical (unpaired) electrons. The first kappa shape index (κ1) is 19.3. The zero-order valence-electron chi connectivity index (χ0n) is 16.3. The van der Waals surface area contributed by atoms with Crippen molar-refractivity contribution in [3.63, 3.8) is 0 Å². The number of fused-ring (bicyclic) bond motifs is 1. The first-order chi connectivity index (χ1) is 14.0. The smallest absolute Gasteiger partial charge is 0.411 e. The van der Waals surface area contributed by atoms with Gasteiger partial charge in [0.25, 0.3) is 0 Å². The van der Waals surface area contributed by atoms with Gasteiger partial charge >= 0.3 is 6.09 Å². The topological polar surface area (TPSA) is 93.2 Å². The standard InChI is InChI=1S/C21H22N4O3S/c1-12-18(25-21(27)28-16-5-3-4-6-16)9-15(11-22-12)14-7-8-17-19(10-14)29-20(24-17)23-13(2)26/h7-11,16H,3-6H2,1-2H3,(H,25,27)(H,23,24,26). The third kappa shape index (κ3) is 4.54. The largest absolute Gasteiger partial charge is 0.446 e. The van der Waals surface area contributed by atoms with Gasteiger partial charge in [-0.1, -0.05) is 17.4 Å². The van der Waals surface area contributed by atoms with E-state index >= 15 is 0 Å². The fourth-order valence-electron chi connectivity index (χ4n) is 3.42. The van der Waals surface area contributed by atoms with E-state index in [-0.39, 0.29) is 12.0 Å². The number of thiazole rings is 1. The van der Waals surface area contributed by atoms with Gasteiger partial charge in [0.15, 0.2) is 5.13 Å². The number of carbonyl (C=O) groups excluding carboxylic acids is 2. The van der Waals surface area contributed by atoms with E-state index in [1.807, 2.05) is 31.2 Å². The van der Waals surface area contributed by atoms with Gasteiger partial charge in [-0.3, -0.25) is 15.1 Å². The fourth-order valence-corrected chi connectivity index (χ4v) is 4.37. The van der Waals surface area contributed by atoms with E-state index in [1.165, 1.54) is 18.3 Å². The summed E-state index contributed by atoms with van der Waals surface area (Å²) in [5, 5.41) is 6.12. The number of hydrogen-bond acceptors (Lipinski definition) is 6. The number of pyridine rings is 1. The molecule has 2 amide bonds. The Balaban J connectivity index is 1.55. The van der Waals surface area contributed by atoms with Crippen LogP contribution >= 0.6 is 11.3 Å². The molecule has 2 aromatic heterocycles. The average molecular weight is 410 g/mol. The molecule has 0 aliphatic heterocycles. The quantitative estimate of drug-likeness (QED) is 0.623. The molecule has 0 unspecified atom stereocenters. The second-order valence-corrected chi connectivity index (χ2v) is 8.21. The molecule has 2 N–H and O–H groups in total. The number of nitrogens with one attached hydrogen (secondary N) is 2. The zero-order valence-corrected chi connectivity index (χ0v) is 17.1. The van der Waals surface area contributed by atoms with E-state index < -0.39 is 6.09 Å². The summed E-state index contributed by atoms with van der Waals surface area (Å²) in [6, 6.07) is 7.76. The van der Waals surface area contributed by atoms with Crippen LogP contribution in [0.25, 0.3) is 21.3 Å². The highest BCUT2D eigenvalue weighted by Gasteiger charge is 2.20. The Morgan fingerprint density at radius 1 is 1.14 bits per heavy atom. The monoisotopic (exact) mass is 410 g/mol. The summed E-state index contributed by atoms with van der Waals surface area (Å²) in [5.74, 6) is -0.146. The first-order valence-electron chi connectivity index (χ1n) is 9.61. The summed E-state index contributed by atoms with van der Waals surface area (Å²) in [7, 11) is 0. The Labute approximate surface area is 172 Å². The van der Waals surface area contributed by atoms with Crippen molar-refractivity contribution in [1.82, 2.24) is 9.97 Å². The van der Waals surface area contributed by atoms with Gasteiger partial charge in [0, 0.05) is 18.7 Å². The van der Waals surface area contributed by atoms with Gasteiger partial charge in [-0.05, 0) is 56.4 Å². The molecule has 1 aromatic carbocycles. The normalized spacial score (nSPS) is 14.1. The number of amides is 2. The van der Waals surface area contributed by atoms with Crippen LogP contribution in [0.1, 0.15) is 38.3 Å². The van der Waals surface area contributed by atoms with E-state index in [0.29, 0.717) is 10.8 Å². The summed E-state index contributed by atoms with van der Waals surface area (Å²) in [4.78, 5) is 32.3. The van der Waals surface area contributed by atoms with Crippen LogP contribution in [0.4, 0.5) is 15.6 Å². The number of ether oxygens (including phenoxy) is 1. The molecule has 29 heavy (non-hydrogen) atoms. The Morgan fingerprint density at radius 2 is 1.93 bits per heavy atom. The van der Waals surface area contributed by atoms with E-state index in [9.17, 15) is 9.59 Å². The molecular weight excluding hydrogens is 388 g/mol. The molecule has 1 aliphatic carbocycles. The number of aromatic nitrogens is 2. The number of benzene rings is 1. The maximum Gasteiger partial charge on any atom is 0.411 e. The van der Waals surface area contributed by atoms with Crippen LogP contribution < -0.4 is 10.6 Å². The SMILES string of the molecule is CC(=O)Nc1nc2ccc(-c3cnc(C)c(NC(=O)OC4CCCC4)c3)cc2s1. The van der Waals surface area contributed by atoms with Crippen molar-refractivity contribution in [3.05, 3.63) is 36.2 Å². The van der Waals surface area contributed by atoms with Gasteiger partial charge in [-0.15, -0.1) is 0 Å². The lowest BCUT2D eigenvalue weighted by molar-refractivity contribution is -0.114. The van der Waals surface area contributed by atoms with Crippen molar-refractivity contribution in [3.8, 4) is 11.1 Å². The number of carbonyl (C=O) groups is 2. The third-order valence-corrected chi connectivity index (χ3v) is 5.84. The lowest BCUT2D eigenvalue weighted by Crippen LogP contribution is -2.20. The number of nitrogens with zero attached hydrogens (tertiary/aromatic N) is 2. The minimum atomic E-state index is -0.434. The summed E-state index contributed by atoms with van der Waals surface area (Å²) < 4.78 is 6.45. The van der Waals surface area contributed by atoms with Crippen molar-refractivity contribution in [2.75, 3.05) is 10.6 Å². The van der Waals surface area contributed by atoms with Crippen molar-refractivity contribution in [2.45, 2.75) is 45.6 Å². The molecule has 0 spiro atoms. The number of anilines is 2. The van der Waals surface area contributed by atoms with Crippen molar-refractivity contribution < 1.29 is 14.3 Å². The van der Waals surface area contributed by atoms with Gasteiger partial charge in [-0.25, -0.2) is 9.78 Å². The predicted octanol–water partition coefficient (Wildman–Crippen LogP) is 5.12. The maximum absolute atomic E-state index is 12.2. The van der Waals surface area contributed by atoms with Gasteiger partial charge in [-0.2, -0.15) is 0 Å². The highest BCUT2D eigenvalue weighted by atomic mass is 32.1. The fraction of sp³-hybridized carbons (Fsp3) is 0.333. The van der Waals surface area contributed by atoms with Gasteiger partial charge in [0.05, 0.1) is 21.6 Å². The second kappa shape index (κ2) is 8.16. The number of rotatable bonds is 4. The lowest BCUT2D eigenvalue weighted by atomic mass is 10.1. The average Bonchev–Trinajstić information content (AvgIpc) is 3.31. The predicted molar refractivity (Wildman–Crippen MR) is 114 cm³/mol. The Morgan fingerprint density at radius 3 is 2.69 bits per heavy atom. The van der Waals surface area contributed by atoms with Gasteiger partial charge in [0.2, 0.25) is 5.91 Å². The highest BCUT2D eigenvalue weighted by Crippen LogP contribution is 2.31. The number of hydrogen-bond donors (Lipinski definition) is 2. The molecule has 150 valence electrons. The van der Waals surface area contributed by atoms with Crippen LogP contribution in [0.3, 0.4) is 0 Å². The molecule has 1 saturated carbocycles. The van der Waals surface area contributed by atoms with E-state index in [0.717, 1.165) is 52.7 Å². The summed E-state index contributed by atoms with van der Waals surface area (Å²) >= 11 is 1.42. The minimum Gasteiger partial charge on any atom is -0.446 e. The molecule has 0 bridgehead atoms. The number of aryl methyl sites for hydroxylation is 1. The van der Waals surface area contributed by atoms with Crippen molar-refractivity contribution in [1.29, 1.82) is 0 Å². The van der Waals surface area contributed by atoms with Gasteiger partial charge in [0.1, 0.15) is 6.10 Å². The van der Waals surface area contributed by atoms with E-state index in [1.54, 1.807) is 6.20 Å². The molecule has 3 aromatic rings. The molecule has 0 atom stereocenters. The maximum atomic E-state index is 12.2. The first-order valence-corrected chi connectivity index (χ1v) is 10.4. The molecular formula is C21H22N4O3S. The van der Waals surface area contributed by atoms with Crippen LogP contribution in [0.15, 0.2) is 30.5 Å². The van der Waals surface area contributed by atoms with Crippen LogP contribution in [0.5, 0.6) is 0 Å². The molecule has 8 heteroatoms. The molecule has 4 rings (SSSR count). The lowest BCUT2D eigenvalue weighted by Gasteiger charge is -2.14. The van der Waals surface area contributed by atoms with Crippen molar-refractivity contribution >= 4 is 44.4 Å². The summed E-state index contributed by atoms with van der Waals surface area (Å²) in [6.45, 7) is 3.31. The molecule has 2 heterocycles. The molecule has 0 saturated heterocycles.